The molecule has 1 unspecified atom stereocenters. The van der Waals surface area contributed by atoms with Gasteiger partial charge in [-0.2, -0.15) is 0 Å². The number of carbonyl (C=O) groups is 1. The first-order valence-corrected chi connectivity index (χ1v) is 12.2. The van der Waals surface area contributed by atoms with Crippen LogP contribution in [0.1, 0.15) is 31.9 Å². The van der Waals surface area contributed by atoms with Gasteiger partial charge in [-0.25, -0.2) is 14.8 Å². The van der Waals surface area contributed by atoms with Crippen molar-refractivity contribution in [2.24, 2.45) is 4.99 Å². The third-order valence-electron chi connectivity index (χ3n) is 3.72. The number of hydrogen-bond acceptors (Lipinski definition) is 3. The van der Waals surface area contributed by atoms with E-state index in [9.17, 15) is 4.79 Å². The van der Waals surface area contributed by atoms with Crippen molar-refractivity contribution in [1.29, 1.82) is 0 Å². The number of benzene rings is 2. The summed E-state index contributed by atoms with van der Waals surface area (Å²) >= 11 is 0. The van der Waals surface area contributed by atoms with Crippen LogP contribution in [0.5, 0.6) is 0 Å². The number of carbonyl (C=O) groups excluding carboxylic acids is 1. The predicted molar refractivity (Wildman–Crippen MR) is 118 cm³/mol. The second kappa shape index (κ2) is 8.75. The third-order valence-corrected chi connectivity index (χ3v) is 5.03. The Morgan fingerprint density at radius 1 is 0.926 bits per heavy atom. The highest BCUT2D eigenvalue weighted by Gasteiger charge is 2.28. The van der Waals surface area contributed by atoms with Gasteiger partial charge in [0.25, 0.3) is 0 Å². The molecule has 2 aromatic rings. The minimum atomic E-state index is -0.942. The highest BCUT2D eigenvalue weighted by molar-refractivity contribution is 8.32. The molecule has 0 bridgehead atoms. The fraction of sp³-hybridized carbons (Fsp3) is 0.391. The van der Waals surface area contributed by atoms with Crippen LogP contribution in [0.15, 0.2) is 65.7 Å². The van der Waals surface area contributed by atoms with Gasteiger partial charge in [0.05, 0.1) is 5.71 Å². The molecule has 3 nitrogen and oxygen atoms in total. The molecule has 0 N–H and O–H groups in total. The third kappa shape index (κ3) is 7.22. The summed E-state index contributed by atoms with van der Waals surface area (Å²) in [4.78, 5) is 17.9. The molecule has 2 rings (SSSR count). The maximum atomic E-state index is 12.9. The fourth-order valence-corrected chi connectivity index (χ4v) is 3.82. The Morgan fingerprint density at radius 2 is 1.37 bits per heavy atom. The monoisotopic (exact) mass is 385 g/mol. The second-order valence-electron chi connectivity index (χ2n) is 8.52. The summed E-state index contributed by atoms with van der Waals surface area (Å²) in [6.45, 7) is 5.68. The number of esters is 1. The summed E-state index contributed by atoms with van der Waals surface area (Å²) in [6.07, 6.45) is 6.60. The van der Waals surface area contributed by atoms with Gasteiger partial charge < -0.3 is 4.74 Å². The van der Waals surface area contributed by atoms with E-state index in [0.29, 0.717) is 5.75 Å². The lowest BCUT2D eigenvalue weighted by Crippen LogP contribution is -2.34. The van der Waals surface area contributed by atoms with E-state index in [2.05, 4.69) is 18.8 Å². The van der Waals surface area contributed by atoms with Crippen molar-refractivity contribution < 1.29 is 9.53 Å². The SMILES string of the molecule is CC(C)(C)OC(=O)C(CS(C)(C)C)N=C(c1ccccc1)c1ccccc1. The second-order valence-corrected chi connectivity index (χ2v) is 13.0. The van der Waals surface area contributed by atoms with Crippen LogP contribution in [0.2, 0.25) is 0 Å². The molecular formula is C23H31NO2S. The molecule has 27 heavy (non-hydrogen) atoms. The van der Waals surface area contributed by atoms with Gasteiger partial charge in [0.1, 0.15) is 5.60 Å². The Kier molecular flexibility index (Phi) is 6.88. The number of hydrogen-bond donors (Lipinski definition) is 0. The van der Waals surface area contributed by atoms with E-state index in [4.69, 9.17) is 9.73 Å². The standard InChI is InChI=1S/C23H31NO2S/c1-23(2,3)26-22(25)20(17-27(4,5)6)24-21(18-13-9-7-10-14-18)19-15-11-8-12-16-19/h7-16,20H,17H2,1-6H3. The van der Waals surface area contributed by atoms with Crippen molar-refractivity contribution >= 4 is 21.7 Å². The molecule has 0 aliphatic heterocycles. The van der Waals surface area contributed by atoms with Gasteiger partial charge >= 0.3 is 5.97 Å². The predicted octanol–water partition coefficient (Wildman–Crippen LogP) is 4.93. The van der Waals surface area contributed by atoms with Crippen LogP contribution in [0.3, 0.4) is 0 Å². The van der Waals surface area contributed by atoms with Crippen molar-refractivity contribution in [2.75, 3.05) is 24.5 Å². The number of aliphatic imine (C=N–C) groups is 1. The first-order valence-electron chi connectivity index (χ1n) is 9.13. The zero-order valence-electron chi connectivity index (χ0n) is 17.2. The molecule has 0 aromatic heterocycles. The lowest BCUT2D eigenvalue weighted by molar-refractivity contribution is -0.155. The van der Waals surface area contributed by atoms with Crippen molar-refractivity contribution in [3.05, 3.63) is 71.8 Å². The zero-order valence-corrected chi connectivity index (χ0v) is 18.0. The Labute approximate surface area is 165 Å². The van der Waals surface area contributed by atoms with Gasteiger partial charge in [-0.05, 0) is 39.5 Å². The molecule has 2 aromatic carbocycles. The van der Waals surface area contributed by atoms with Crippen molar-refractivity contribution in [3.63, 3.8) is 0 Å². The van der Waals surface area contributed by atoms with Crippen LogP contribution in [-0.2, 0) is 9.53 Å². The van der Waals surface area contributed by atoms with Crippen LogP contribution in [-0.4, -0.2) is 47.8 Å². The summed E-state index contributed by atoms with van der Waals surface area (Å²) < 4.78 is 5.69. The van der Waals surface area contributed by atoms with Gasteiger partial charge in [0, 0.05) is 16.9 Å². The minimum absolute atomic E-state index is 0.255. The van der Waals surface area contributed by atoms with Crippen LogP contribution >= 0.6 is 10.0 Å². The Bertz CT molecular complexity index is 730. The maximum Gasteiger partial charge on any atom is 0.332 e. The molecule has 0 saturated heterocycles. The summed E-state index contributed by atoms with van der Waals surface area (Å²) in [5, 5.41) is 0. The lowest BCUT2D eigenvalue weighted by atomic mass is 10.0. The van der Waals surface area contributed by atoms with Gasteiger partial charge in [-0.3, -0.25) is 4.99 Å². The van der Waals surface area contributed by atoms with E-state index in [1.54, 1.807) is 0 Å². The van der Waals surface area contributed by atoms with Crippen molar-refractivity contribution in [3.8, 4) is 0 Å². The largest absolute Gasteiger partial charge is 0.458 e. The number of ether oxygens (including phenoxy) is 1. The topological polar surface area (TPSA) is 38.7 Å². The van der Waals surface area contributed by atoms with E-state index in [1.807, 2.05) is 81.4 Å². The Balaban J connectivity index is 2.51. The molecular weight excluding hydrogens is 354 g/mol. The van der Waals surface area contributed by atoms with Crippen LogP contribution in [0, 0.1) is 0 Å². The minimum Gasteiger partial charge on any atom is -0.458 e. The molecule has 1 atom stereocenters. The molecule has 0 aliphatic rings. The molecule has 0 spiro atoms. The average Bonchev–Trinajstić information content (AvgIpc) is 2.57. The maximum absolute atomic E-state index is 12.9. The summed E-state index contributed by atoms with van der Waals surface area (Å²) in [5.41, 5.74) is 2.30. The van der Waals surface area contributed by atoms with Gasteiger partial charge in [-0.15, -0.1) is 0 Å². The molecule has 0 radical (unpaired) electrons. The Morgan fingerprint density at radius 3 is 1.74 bits per heavy atom. The smallest absolute Gasteiger partial charge is 0.332 e. The fourth-order valence-electron chi connectivity index (χ4n) is 2.67. The first kappa shape index (κ1) is 21.2. The van der Waals surface area contributed by atoms with Gasteiger partial charge in [-0.1, -0.05) is 60.7 Å². The van der Waals surface area contributed by atoms with Gasteiger partial charge in [0.2, 0.25) is 0 Å². The normalized spacial score (nSPS) is 13.6. The van der Waals surface area contributed by atoms with Crippen molar-refractivity contribution in [1.82, 2.24) is 0 Å². The summed E-state index contributed by atoms with van der Waals surface area (Å²) in [5.74, 6) is 0.444. The highest BCUT2D eigenvalue weighted by Crippen LogP contribution is 2.36. The molecule has 146 valence electrons. The summed E-state index contributed by atoms with van der Waals surface area (Å²) in [6, 6.07) is 19.5. The van der Waals surface area contributed by atoms with Gasteiger partial charge in [0.15, 0.2) is 6.04 Å². The summed E-state index contributed by atoms with van der Waals surface area (Å²) in [7, 11) is -0.942. The van der Waals surface area contributed by atoms with E-state index in [1.165, 1.54) is 0 Å². The molecule has 0 heterocycles. The van der Waals surface area contributed by atoms with E-state index in [-0.39, 0.29) is 5.97 Å². The van der Waals surface area contributed by atoms with Crippen molar-refractivity contribution in [2.45, 2.75) is 32.4 Å². The average molecular weight is 386 g/mol. The highest BCUT2D eigenvalue weighted by atomic mass is 32.3. The molecule has 0 aliphatic carbocycles. The van der Waals surface area contributed by atoms with Crippen LogP contribution in [0.4, 0.5) is 0 Å². The quantitative estimate of drug-likeness (QED) is 0.522. The van der Waals surface area contributed by atoms with E-state index >= 15 is 0 Å². The van der Waals surface area contributed by atoms with Crippen LogP contribution < -0.4 is 0 Å². The zero-order chi connectivity index (χ0) is 20.1. The molecule has 0 fully saturated rings. The lowest BCUT2D eigenvalue weighted by Gasteiger charge is -2.30. The van der Waals surface area contributed by atoms with E-state index < -0.39 is 21.7 Å². The molecule has 4 heteroatoms. The van der Waals surface area contributed by atoms with Crippen LogP contribution in [0.25, 0.3) is 0 Å². The Hall–Kier alpha value is -2.07. The number of rotatable bonds is 6. The number of nitrogens with zero attached hydrogens (tertiary/aromatic N) is 1. The molecule has 0 saturated carbocycles. The molecule has 0 amide bonds. The van der Waals surface area contributed by atoms with E-state index in [0.717, 1.165) is 16.8 Å². The first-order chi connectivity index (χ1) is 12.6.